The maximum absolute atomic E-state index is 11.0. The summed E-state index contributed by atoms with van der Waals surface area (Å²) in [5.74, 6) is -0.649. The number of aliphatic hydroxyl groups is 1. The van der Waals surface area contributed by atoms with E-state index in [0.717, 1.165) is 12.0 Å². The van der Waals surface area contributed by atoms with Crippen LogP contribution in [0.25, 0.3) is 0 Å². The van der Waals surface area contributed by atoms with Crippen LogP contribution in [0.4, 0.5) is 0 Å². The number of benzene rings is 1. The van der Waals surface area contributed by atoms with Crippen LogP contribution in [-0.2, 0) is 17.6 Å². The maximum Gasteiger partial charge on any atom is 0.246 e. The Morgan fingerprint density at radius 2 is 1.42 bits per heavy atom. The Morgan fingerprint density at radius 1 is 0.917 bits per heavy atom. The van der Waals surface area contributed by atoms with Gasteiger partial charge in [-0.25, -0.2) is 0 Å². The summed E-state index contributed by atoms with van der Waals surface area (Å²) in [5, 5.41) is 9.68. The molecule has 3 heteroatoms. The molecule has 1 aromatic carbocycles. The largest absolute Gasteiger partial charge is 0.383 e. The van der Waals surface area contributed by atoms with Gasteiger partial charge in [0.2, 0.25) is 5.91 Å². The third-order valence-electron chi connectivity index (χ3n) is 4.66. The van der Waals surface area contributed by atoms with Crippen LogP contribution in [0, 0.1) is 0 Å². The molecule has 0 aliphatic carbocycles. The number of aryl methyl sites for hydroxylation is 1. The Hall–Kier alpha value is -1.35. The number of carbonyl (C=O) groups is 1. The molecule has 0 heterocycles. The minimum atomic E-state index is -1.08. The summed E-state index contributed by atoms with van der Waals surface area (Å²) in [6.07, 6.45) is 13.5. The maximum atomic E-state index is 11.0. The van der Waals surface area contributed by atoms with Gasteiger partial charge >= 0.3 is 0 Å². The van der Waals surface area contributed by atoms with E-state index in [-0.39, 0.29) is 0 Å². The van der Waals surface area contributed by atoms with Gasteiger partial charge in [0.15, 0.2) is 0 Å². The Kier molecular flexibility index (Phi) is 11.2. The molecule has 0 spiro atoms. The molecular weight excluding hydrogens is 298 g/mol. The molecule has 136 valence electrons. The highest BCUT2D eigenvalue weighted by Crippen LogP contribution is 2.16. The van der Waals surface area contributed by atoms with Gasteiger partial charge in [-0.2, -0.15) is 0 Å². The van der Waals surface area contributed by atoms with Gasteiger partial charge < -0.3 is 10.8 Å². The van der Waals surface area contributed by atoms with Crippen molar-refractivity contribution in [3.8, 4) is 0 Å². The first-order valence-electron chi connectivity index (χ1n) is 9.69. The van der Waals surface area contributed by atoms with Crippen molar-refractivity contribution in [1.82, 2.24) is 0 Å². The molecule has 1 rings (SSSR count). The second-order valence-electron chi connectivity index (χ2n) is 6.82. The molecule has 24 heavy (non-hydrogen) atoms. The summed E-state index contributed by atoms with van der Waals surface area (Å²) in [5.41, 5.74) is 7.43. The van der Waals surface area contributed by atoms with Gasteiger partial charge in [0.25, 0.3) is 0 Å². The molecule has 1 aromatic rings. The van der Waals surface area contributed by atoms with Crippen LogP contribution in [0.15, 0.2) is 24.3 Å². The van der Waals surface area contributed by atoms with Crippen LogP contribution in [0.2, 0.25) is 0 Å². The van der Waals surface area contributed by atoms with Gasteiger partial charge in [-0.3, -0.25) is 4.79 Å². The van der Waals surface area contributed by atoms with E-state index in [9.17, 15) is 9.90 Å². The summed E-state index contributed by atoms with van der Waals surface area (Å²) in [4.78, 5) is 11.0. The molecule has 0 aromatic heterocycles. The fraction of sp³-hybridized carbons (Fsp3) is 0.667. The minimum absolute atomic E-state index is 0.323. The summed E-state index contributed by atoms with van der Waals surface area (Å²) >= 11 is 0. The zero-order chi connectivity index (χ0) is 17.6. The topological polar surface area (TPSA) is 63.3 Å². The van der Waals surface area contributed by atoms with Crippen LogP contribution in [0.5, 0.6) is 0 Å². The molecule has 0 radical (unpaired) electrons. The molecule has 3 nitrogen and oxygen atoms in total. The molecule has 1 amide bonds. The van der Waals surface area contributed by atoms with E-state index in [1.165, 1.54) is 69.8 Å². The zero-order valence-electron chi connectivity index (χ0n) is 15.3. The van der Waals surface area contributed by atoms with Crippen molar-refractivity contribution in [3.63, 3.8) is 0 Å². The van der Waals surface area contributed by atoms with Crippen LogP contribution >= 0.6 is 0 Å². The third-order valence-corrected chi connectivity index (χ3v) is 4.66. The highest BCUT2D eigenvalue weighted by atomic mass is 16.3. The van der Waals surface area contributed by atoms with E-state index in [0.29, 0.717) is 6.42 Å². The highest BCUT2D eigenvalue weighted by Gasteiger charge is 2.13. The van der Waals surface area contributed by atoms with Crippen LogP contribution < -0.4 is 5.73 Å². The van der Waals surface area contributed by atoms with Gasteiger partial charge in [0.1, 0.15) is 6.10 Å². The number of unbranched alkanes of at least 4 members (excludes halogenated alkanes) is 9. The predicted molar refractivity (Wildman–Crippen MR) is 101 cm³/mol. The van der Waals surface area contributed by atoms with E-state index >= 15 is 0 Å². The number of amides is 1. The van der Waals surface area contributed by atoms with Crippen molar-refractivity contribution < 1.29 is 9.90 Å². The fourth-order valence-corrected chi connectivity index (χ4v) is 3.11. The predicted octanol–water partition coefficient (Wildman–Crippen LogP) is 4.54. The standard InChI is InChI=1S/C21H35NO2/c1-2-3-4-5-6-7-8-9-10-11-14-18-15-12-13-16-19(18)17-20(23)21(22)24/h12-13,15-16,20,23H,2-11,14,17H2,1H3,(H2,22,24). The monoisotopic (exact) mass is 333 g/mol. The van der Waals surface area contributed by atoms with Crippen LogP contribution in [0.3, 0.4) is 0 Å². The number of rotatable bonds is 14. The number of nitrogens with two attached hydrogens (primary N) is 1. The first-order valence-corrected chi connectivity index (χ1v) is 9.69. The van der Waals surface area contributed by atoms with Crippen molar-refractivity contribution in [1.29, 1.82) is 0 Å². The van der Waals surface area contributed by atoms with Gasteiger partial charge in [0.05, 0.1) is 0 Å². The lowest BCUT2D eigenvalue weighted by molar-refractivity contribution is -0.125. The molecule has 0 bridgehead atoms. The minimum Gasteiger partial charge on any atom is -0.383 e. The smallest absolute Gasteiger partial charge is 0.246 e. The molecule has 0 saturated heterocycles. The Balaban J connectivity index is 2.18. The second kappa shape index (κ2) is 13.0. The summed E-state index contributed by atoms with van der Waals surface area (Å²) in [6.45, 7) is 2.26. The van der Waals surface area contributed by atoms with Gasteiger partial charge in [-0.1, -0.05) is 89.0 Å². The number of hydrogen-bond donors (Lipinski definition) is 2. The zero-order valence-corrected chi connectivity index (χ0v) is 15.3. The third kappa shape index (κ3) is 9.07. The lowest BCUT2D eigenvalue weighted by Crippen LogP contribution is -2.30. The fourth-order valence-electron chi connectivity index (χ4n) is 3.11. The van der Waals surface area contributed by atoms with Gasteiger partial charge in [0, 0.05) is 6.42 Å². The summed E-state index contributed by atoms with van der Waals surface area (Å²) in [7, 11) is 0. The molecule has 0 fully saturated rings. The quantitative estimate of drug-likeness (QED) is 0.491. The molecule has 0 saturated carbocycles. The van der Waals surface area contributed by atoms with E-state index in [1.54, 1.807) is 0 Å². The first kappa shape index (κ1) is 20.7. The van der Waals surface area contributed by atoms with Gasteiger partial charge in [-0.15, -0.1) is 0 Å². The molecule has 1 atom stereocenters. The van der Waals surface area contributed by atoms with Crippen molar-refractivity contribution in [3.05, 3.63) is 35.4 Å². The van der Waals surface area contributed by atoms with Crippen molar-refractivity contribution in [2.24, 2.45) is 5.73 Å². The lowest BCUT2D eigenvalue weighted by atomic mass is 9.96. The number of aliphatic hydroxyl groups excluding tert-OH is 1. The van der Waals surface area contributed by atoms with Gasteiger partial charge in [-0.05, 0) is 24.0 Å². The van der Waals surface area contributed by atoms with E-state index < -0.39 is 12.0 Å². The van der Waals surface area contributed by atoms with Crippen LogP contribution in [0.1, 0.15) is 82.3 Å². The first-order chi connectivity index (χ1) is 11.6. The molecule has 3 N–H and O–H groups in total. The van der Waals surface area contributed by atoms with Crippen LogP contribution in [-0.4, -0.2) is 17.1 Å². The van der Waals surface area contributed by atoms with Crippen molar-refractivity contribution >= 4 is 5.91 Å². The van der Waals surface area contributed by atoms with E-state index in [2.05, 4.69) is 13.0 Å². The molecule has 0 aliphatic rings. The highest BCUT2D eigenvalue weighted by molar-refractivity contribution is 5.78. The SMILES string of the molecule is CCCCCCCCCCCCc1ccccc1CC(O)C(N)=O. The molecular formula is C21H35NO2. The average molecular weight is 334 g/mol. The second-order valence-corrected chi connectivity index (χ2v) is 6.82. The Bertz CT molecular complexity index is 459. The average Bonchev–Trinajstić information content (AvgIpc) is 2.57. The van der Waals surface area contributed by atoms with Crippen molar-refractivity contribution in [2.45, 2.75) is 90.1 Å². The number of carbonyl (C=O) groups excluding carboxylic acids is 1. The molecule has 1 unspecified atom stereocenters. The summed E-state index contributed by atoms with van der Waals surface area (Å²) < 4.78 is 0. The van der Waals surface area contributed by atoms with E-state index in [1.807, 2.05) is 18.2 Å². The lowest BCUT2D eigenvalue weighted by Gasteiger charge is -2.12. The normalized spacial score (nSPS) is 12.2. The van der Waals surface area contributed by atoms with Crippen molar-refractivity contribution in [2.75, 3.05) is 0 Å². The Morgan fingerprint density at radius 3 is 1.96 bits per heavy atom. The number of primary amides is 1. The Labute approximate surface area is 147 Å². The van der Waals surface area contributed by atoms with E-state index in [4.69, 9.17) is 5.73 Å². The summed E-state index contributed by atoms with van der Waals surface area (Å²) in [6, 6.07) is 8.05. The number of hydrogen-bond acceptors (Lipinski definition) is 2. The molecule has 0 aliphatic heterocycles.